The van der Waals surface area contributed by atoms with Crippen molar-refractivity contribution in [3.63, 3.8) is 0 Å². The van der Waals surface area contributed by atoms with Crippen LogP contribution in [0.1, 0.15) is 65.2 Å². The van der Waals surface area contributed by atoms with Crippen molar-refractivity contribution in [3.05, 3.63) is 23.3 Å². The molecule has 0 bridgehead atoms. The molecule has 0 N–H and O–H groups in total. The lowest BCUT2D eigenvalue weighted by Gasteiger charge is -2.51. The summed E-state index contributed by atoms with van der Waals surface area (Å²) in [6, 6.07) is 0. The summed E-state index contributed by atoms with van der Waals surface area (Å²) in [7, 11) is 0. The molecule has 0 aromatic rings. The zero-order valence-electron chi connectivity index (χ0n) is 12.9. The standard InChI is InChI=1S/C19H26O/c1-18-9-3-4-16(18)15-6-5-13-12-14(20)7-11-19(13,2)17(15)8-10-18/h5,8,15-16H,3-4,6-7,9-12H2,1-2H3/t15-,16-,18-,19-/m0/s1. The third-order valence-electron chi connectivity index (χ3n) is 7.09. The van der Waals surface area contributed by atoms with Gasteiger partial charge in [-0.25, -0.2) is 0 Å². The van der Waals surface area contributed by atoms with Gasteiger partial charge in [-0.1, -0.05) is 43.6 Å². The molecule has 0 amide bonds. The topological polar surface area (TPSA) is 17.1 Å². The van der Waals surface area contributed by atoms with E-state index < -0.39 is 0 Å². The number of carbonyl (C=O) groups excluding carboxylic acids is 1. The Morgan fingerprint density at radius 3 is 2.90 bits per heavy atom. The van der Waals surface area contributed by atoms with Crippen LogP contribution in [0.25, 0.3) is 0 Å². The van der Waals surface area contributed by atoms with Crippen molar-refractivity contribution in [1.82, 2.24) is 0 Å². The van der Waals surface area contributed by atoms with Crippen molar-refractivity contribution in [2.75, 3.05) is 0 Å². The van der Waals surface area contributed by atoms with E-state index in [9.17, 15) is 4.79 Å². The molecule has 2 saturated carbocycles. The van der Waals surface area contributed by atoms with Gasteiger partial charge in [0.15, 0.2) is 0 Å². The number of fused-ring (bicyclic) bond motifs is 5. The zero-order chi connectivity index (χ0) is 14.0. The molecule has 1 heteroatoms. The molecule has 2 fully saturated rings. The van der Waals surface area contributed by atoms with Crippen LogP contribution in [0.2, 0.25) is 0 Å². The minimum atomic E-state index is 0.223. The van der Waals surface area contributed by atoms with Crippen LogP contribution in [0.3, 0.4) is 0 Å². The molecule has 4 atom stereocenters. The lowest BCUT2D eigenvalue weighted by molar-refractivity contribution is -0.120. The number of hydrogen-bond donors (Lipinski definition) is 0. The minimum absolute atomic E-state index is 0.223. The Balaban J connectivity index is 1.76. The monoisotopic (exact) mass is 270 g/mol. The molecule has 0 aromatic heterocycles. The van der Waals surface area contributed by atoms with Crippen LogP contribution in [0.4, 0.5) is 0 Å². The number of hydrogen-bond acceptors (Lipinski definition) is 1. The average Bonchev–Trinajstić information content (AvgIpc) is 2.81. The predicted molar refractivity (Wildman–Crippen MR) is 81.3 cm³/mol. The number of Topliss-reactive ketones (excluding diaryl/α,β-unsaturated/α-hetero) is 1. The second kappa shape index (κ2) is 4.08. The van der Waals surface area contributed by atoms with Crippen molar-refractivity contribution >= 4 is 5.78 Å². The van der Waals surface area contributed by atoms with Gasteiger partial charge in [-0.2, -0.15) is 0 Å². The first-order chi connectivity index (χ1) is 9.53. The predicted octanol–water partition coefficient (Wildman–Crippen LogP) is 4.83. The summed E-state index contributed by atoms with van der Waals surface area (Å²) < 4.78 is 0. The minimum Gasteiger partial charge on any atom is -0.299 e. The summed E-state index contributed by atoms with van der Waals surface area (Å²) in [5, 5.41) is 0. The van der Waals surface area contributed by atoms with Gasteiger partial charge in [-0.05, 0) is 49.4 Å². The van der Waals surface area contributed by atoms with Gasteiger partial charge in [0, 0.05) is 18.3 Å². The van der Waals surface area contributed by atoms with Gasteiger partial charge in [0.2, 0.25) is 0 Å². The largest absolute Gasteiger partial charge is 0.299 e. The molecule has 108 valence electrons. The Kier molecular flexibility index (Phi) is 2.63. The molecule has 4 aliphatic rings. The Morgan fingerprint density at radius 2 is 2.05 bits per heavy atom. The molecule has 0 heterocycles. The van der Waals surface area contributed by atoms with E-state index in [2.05, 4.69) is 26.0 Å². The first-order valence-corrected chi connectivity index (χ1v) is 8.45. The fourth-order valence-electron chi connectivity index (χ4n) is 5.78. The van der Waals surface area contributed by atoms with Crippen molar-refractivity contribution in [3.8, 4) is 0 Å². The van der Waals surface area contributed by atoms with Crippen LogP contribution in [-0.4, -0.2) is 5.78 Å². The van der Waals surface area contributed by atoms with Crippen LogP contribution in [0, 0.1) is 22.7 Å². The molecule has 0 unspecified atom stereocenters. The lowest BCUT2D eigenvalue weighted by Crippen LogP contribution is -2.42. The summed E-state index contributed by atoms with van der Waals surface area (Å²) >= 11 is 0. The molecule has 0 aliphatic heterocycles. The van der Waals surface area contributed by atoms with E-state index in [0.29, 0.717) is 11.2 Å². The van der Waals surface area contributed by atoms with E-state index in [1.807, 2.05) is 0 Å². The van der Waals surface area contributed by atoms with Gasteiger partial charge in [0.1, 0.15) is 5.78 Å². The molecule has 4 rings (SSSR count). The number of carbonyl (C=O) groups is 1. The Hall–Kier alpha value is -0.850. The van der Waals surface area contributed by atoms with Crippen LogP contribution in [-0.2, 0) is 4.79 Å². The average molecular weight is 270 g/mol. The van der Waals surface area contributed by atoms with Gasteiger partial charge in [0.25, 0.3) is 0 Å². The highest BCUT2D eigenvalue weighted by Gasteiger charge is 2.52. The van der Waals surface area contributed by atoms with Crippen LogP contribution < -0.4 is 0 Å². The third-order valence-corrected chi connectivity index (χ3v) is 7.09. The van der Waals surface area contributed by atoms with Crippen LogP contribution in [0.5, 0.6) is 0 Å². The molecular weight excluding hydrogens is 244 g/mol. The van der Waals surface area contributed by atoms with E-state index >= 15 is 0 Å². The van der Waals surface area contributed by atoms with Crippen LogP contribution in [0.15, 0.2) is 23.3 Å². The van der Waals surface area contributed by atoms with E-state index in [1.165, 1.54) is 37.7 Å². The van der Waals surface area contributed by atoms with Gasteiger partial charge in [-0.3, -0.25) is 4.79 Å². The highest BCUT2D eigenvalue weighted by molar-refractivity contribution is 5.83. The van der Waals surface area contributed by atoms with Gasteiger partial charge >= 0.3 is 0 Å². The summed E-state index contributed by atoms with van der Waals surface area (Å²) in [6.45, 7) is 4.94. The van der Waals surface area contributed by atoms with Crippen LogP contribution >= 0.6 is 0 Å². The van der Waals surface area contributed by atoms with E-state index in [1.54, 1.807) is 5.57 Å². The zero-order valence-corrected chi connectivity index (χ0v) is 12.9. The summed E-state index contributed by atoms with van der Waals surface area (Å²) in [5.74, 6) is 2.13. The Bertz CT molecular complexity index is 526. The lowest BCUT2D eigenvalue weighted by atomic mass is 9.53. The first-order valence-electron chi connectivity index (χ1n) is 8.45. The van der Waals surface area contributed by atoms with Crippen molar-refractivity contribution in [1.29, 1.82) is 0 Å². The molecule has 0 spiro atoms. The normalized spacial score (nSPS) is 47.0. The summed E-state index contributed by atoms with van der Waals surface area (Å²) in [5.41, 5.74) is 3.95. The second-order valence-corrected chi connectivity index (χ2v) is 8.14. The molecule has 0 radical (unpaired) electrons. The molecule has 4 aliphatic carbocycles. The second-order valence-electron chi connectivity index (χ2n) is 8.14. The molecular formula is C19H26O. The maximum atomic E-state index is 11.8. The molecule has 0 saturated heterocycles. The van der Waals surface area contributed by atoms with Gasteiger partial charge < -0.3 is 0 Å². The smallest absolute Gasteiger partial charge is 0.137 e. The van der Waals surface area contributed by atoms with E-state index in [-0.39, 0.29) is 5.41 Å². The fourth-order valence-corrected chi connectivity index (χ4v) is 5.78. The Labute approximate surface area is 122 Å². The third kappa shape index (κ3) is 1.58. The summed E-state index contributed by atoms with van der Waals surface area (Å²) in [6.07, 6.45) is 14.4. The number of ketones is 1. The van der Waals surface area contributed by atoms with Gasteiger partial charge in [0.05, 0.1) is 0 Å². The summed E-state index contributed by atoms with van der Waals surface area (Å²) in [4.78, 5) is 11.8. The highest BCUT2D eigenvalue weighted by atomic mass is 16.1. The maximum absolute atomic E-state index is 11.8. The quantitative estimate of drug-likeness (QED) is 0.576. The van der Waals surface area contributed by atoms with E-state index in [0.717, 1.165) is 31.1 Å². The van der Waals surface area contributed by atoms with Crippen molar-refractivity contribution in [2.24, 2.45) is 22.7 Å². The SMILES string of the molecule is C[C@]12CCC(=O)CC1=CC[C@@H]1C2=CC[C@]2(C)CCC[C@@H]12. The van der Waals surface area contributed by atoms with Gasteiger partial charge in [-0.15, -0.1) is 0 Å². The molecule has 1 nitrogen and oxygen atoms in total. The number of allylic oxidation sites excluding steroid dienone is 4. The first kappa shape index (κ1) is 12.9. The Morgan fingerprint density at radius 1 is 1.20 bits per heavy atom. The van der Waals surface area contributed by atoms with Crippen molar-refractivity contribution in [2.45, 2.75) is 65.2 Å². The molecule has 20 heavy (non-hydrogen) atoms. The maximum Gasteiger partial charge on any atom is 0.137 e. The highest BCUT2D eigenvalue weighted by Crippen LogP contribution is 2.62. The van der Waals surface area contributed by atoms with E-state index in [4.69, 9.17) is 0 Å². The number of rotatable bonds is 0. The molecule has 0 aromatic carbocycles. The van der Waals surface area contributed by atoms with Crippen molar-refractivity contribution < 1.29 is 4.79 Å². The fraction of sp³-hybridized carbons (Fsp3) is 0.737.